The van der Waals surface area contributed by atoms with Crippen molar-refractivity contribution in [3.63, 3.8) is 0 Å². The molecule has 1 heterocycles. The number of ether oxygens (including phenoxy) is 1. The summed E-state index contributed by atoms with van der Waals surface area (Å²) in [6.45, 7) is 6.17. The maximum atomic E-state index is 5.52. The Morgan fingerprint density at radius 2 is 2.32 bits per heavy atom. The summed E-state index contributed by atoms with van der Waals surface area (Å²) in [7, 11) is 1.81. The van der Waals surface area contributed by atoms with E-state index in [4.69, 9.17) is 4.74 Å². The number of halogens is 1. The Bertz CT molecular complexity index is 411. The molecule has 1 unspecified atom stereocenters. The van der Waals surface area contributed by atoms with Crippen LogP contribution in [0.2, 0.25) is 0 Å². The molecule has 1 saturated heterocycles. The lowest BCUT2D eigenvalue weighted by atomic mass is 10.0. The highest BCUT2D eigenvalue weighted by Crippen LogP contribution is 2.27. The third kappa shape index (κ3) is 3.94. The van der Waals surface area contributed by atoms with Crippen molar-refractivity contribution < 1.29 is 4.74 Å². The van der Waals surface area contributed by atoms with E-state index < -0.39 is 0 Å². The highest BCUT2D eigenvalue weighted by atomic mass is 79.9. The van der Waals surface area contributed by atoms with Crippen LogP contribution in [-0.4, -0.2) is 32.8 Å². The largest absolute Gasteiger partial charge is 0.380 e. The number of nitrogens with one attached hydrogen (secondary N) is 1. The second kappa shape index (κ2) is 7.27. The van der Waals surface area contributed by atoms with Crippen molar-refractivity contribution in [2.24, 2.45) is 0 Å². The average molecular weight is 327 g/mol. The van der Waals surface area contributed by atoms with E-state index in [-0.39, 0.29) is 0 Å². The summed E-state index contributed by atoms with van der Waals surface area (Å²) in [4.78, 5) is 2.46. The molecule has 3 nitrogen and oxygen atoms in total. The molecule has 0 saturated carbocycles. The van der Waals surface area contributed by atoms with Crippen LogP contribution in [-0.2, 0) is 11.3 Å². The second-order valence-electron chi connectivity index (χ2n) is 5.00. The molecule has 0 aromatic heterocycles. The van der Waals surface area contributed by atoms with Crippen molar-refractivity contribution in [1.29, 1.82) is 0 Å². The predicted molar refractivity (Wildman–Crippen MR) is 83.8 cm³/mol. The van der Waals surface area contributed by atoms with Crippen molar-refractivity contribution in [3.8, 4) is 0 Å². The zero-order chi connectivity index (χ0) is 13.7. The number of hydrogen-bond acceptors (Lipinski definition) is 3. The molecule has 106 valence electrons. The van der Waals surface area contributed by atoms with Gasteiger partial charge >= 0.3 is 0 Å². The lowest BCUT2D eigenvalue weighted by Crippen LogP contribution is -2.39. The predicted octanol–water partition coefficient (Wildman–Crippen LogP) is 3.17. The van der Waals surface area contributed by atoms with Gasteiger partial charge in [0.2, 0.25) is 0 Å². The van der Waals surface area contributed by atoms with E-state index in [0.717, 1.165) is 30.7 Å². The maximum absolute atomic E-state index is 5.52. The number of hydrogen-bond donors (Lipinski definition) is 1. The van der Waals surface area contributed by atoms with Gasteiger partial charge in [-0.1, -0.05) is 22.9 Å². The quantitative estimate of drug-likeness (QED) is 0.899. The Morgan fingerprint density at radius 3 is 3.05 bits per heavy atom. The van der Waals surface area contributed by atoms with Gasteiger partial charge in [-0.2, -0.15) is 0 Å². The fraction of sp³-hybridized carbons (Fsp3) is 0.600. The van der Waals surface area contributed by atoms with Crippen molar-refractivity contribution in [2.45, 2.75) is 32.4 Å². The Morgan fingerprint density at radius 1 is 1.47 bits per heavy atom. The molecule has 1 aromatic carbocycles. The van der Waals surface area contributed by atoms with Crippen LogP contribution in [0.4, 0.5) is 5.69 Å². The SMILES string of the molecule is CCNCc1cc(Br)ccc1N1CCCC(OC)C1. The normalized spacial score (nSPS) is 19.7. The Hall–Kier alpha value is -0.580. The fourth-order valence-electron chi connectivity index (χ4n) is 2.61. The van der Waals surface area contributed by atoms with Gasteiger partial charge in [-0.15, -0.1) is 0 Å². The van der Waals surface area contributed by atoms with E-state index in [0.29, 0.717) is 6.10 Å². The fourth-order valence-corrected chi connectivity index (χ4v) is 3.02. The zero-order valence-corrected chi connectivity index (χ0v) is 13.4. The maximum Gasteiger partial charge on any atom is 0.0746 e. The molecule has 1 atom stereocenters. The van der Waals surface area contributed by atoms with Crippen molar-refractivity contribution in [1.82, 2.24) is 5.32 Å². The topological polar surface area (TPSA) is 24.5 Å². The van der Waals surface area contributed by atoms with Crippen molar-refractivity contribution >= 4 is 21.6 Å². The molecule has 1 aliphatic heterocycles. The summed E-state index contributed by atoms with van der Waals surface area (Å²) < 4.78 is 6.66. The molecule has 0 radical (unpaired) electrons. The van der Waals surface area contributed by atoms with Gasteiger partial charge in [0.25, 0.3) is 0 Å². The molecule has 0 spiro atoms. The molecule has 4 heteroatoms. The zero-order valence-electron chi connectivity index (χ0n) is 11.8. The Balaban J connectivity index is 2.17. The molecule has 0 aliphatic carbocycles. The molecule has 1 aliphatic rings. The van der Waals surface area contributed by atoms with Crippen LogP contribution < -0.4 is 10.2 Å². The molecule has 1 aromatic rings. The molecule has 0 amide bonds. The van der Waals surface area contributed by atoms with Crippen molar-refractivity contribution in [2.75, 3.05) is 31.6 Å². The minimum absolute atomic E-state index is 0.365. The highest BCUT2D eigenvalue weighted by molar-refractivity contribution is 9.10. The third-order valence-corrected chi connectivity index (χ3v) is 4.15. The molecular weight excluding hydrogens is 304 g/mol. The summed E-state index contributed by atoms with van der Waals surface area (Å²) in [6.07, 6.45) is 2.74. The first-order chi connectivity index (χ1) is 9.24. The monoisotopic (exact) mass is 326 g/mol. The molecule has 0 bridgehead atoms. The molecule has 1 fully saturated rings. The van der Waals surface area contributed by atoms with E-state index in [9.17, 15) is 0 Å². The first-order valence-corrected chi connectivity index (χ1v) is 7.80. The first-order valence-electron chi connectivity index (χ1n) is 7.01. The molecule has 19 heavy (non-hydrogen) atoms. The van der Waals surface area contributed by atoms with Crippen LogP contribution >= 0.6 is 15.9 Å². The lowest BCUT2D eigenvalue weighted by molar-refractivity contribution is 0.0893. The first kappa shape index (κ1) is 14.8. The van der Waals surface area contributed by atoms with Crippen molar-refractivity contribution in [3.05, 3.63) is 28.2 Å². The highest BCUT2D eigenvalue weighted by Gasteiger charge is 2.21. The number of methoxy groups -OCH3 is 1. The lowest BCUT2D eigenvalue weighted by Gasteiger charge is -2.35. The van der Waals surface area contributed by atoms with Gasteiger partial charge in [-0.05, 0) is 43.1 Å². The van der Waals surface area contributed by atoms with Gasteiger partial charge < -0.3 is 15.0 Å². The van der Waals surface area contributed by atoms with E-state index in [1.807, 2.05) is 7.11 Å². The van der Waals surface area contributed by atoms with Gasteiger partial charge in [0.15, 0.2) is 0 Å². The minimum Gasteiger partial charge on any atom is -0.380 e. The standard InChI is InChI=1S/C15H23BrN2O/c1-3-17-10-12-9-13(16)6-7-15(12)18-8-4-5-14(11-18)19-2/h6-7,9,14,17H,3-5,8,10-11H2,1-2H3. The summed E-state index contributed by atoms with van der Waals surface area (Å²) >= 11 is 3.57. The number of anilines is 1. The van der Waals surface area contributed by atoms with Crippen LogP contribution in [0, 0.1) is 0 Å². The summed E-state index contributed by atoms with van der Waals surface area (Å²) in [6, 6.07) is 6.56. The van der Waals surface area contributed by atoms with Gasteiger partial charge in [0, 0.05) is 36.9 Å². The minimum atomic E-state index is 0.365. The Kier molecular flexibility index (Phi) is 5.67. The average Bonchev–Trinajstić information content (AvgIpc) is 2.45. The molecule has 2 rings (SSSR count). The van der Waals surface area contributed by atoms with Gasteiger partial charge in [0.05, 0.1) is 6.10 Å². The van der Waals surface area contributed by atoms with E-state index >= 15 is 0 Å². The second-order valence-corrected chi connectivity index (χ2v) is 5.91. The van der Waals surface area contributed by atoms with Crippen LogP contribution in [0.25, 0.3) is 0 Å². The summed E-state index contributed by atoms with van der Waals surface area (Å²) in [5.41, 5.74) is 2.69. The summed E-state index contributed by atoms with van der Waals surface area (Å²) in [5.74, 6) is 0. The van der Waals surface area contributed by atoms with E-state index in [1.165, 1.54) is 24.1 Å². The smallest absolute Gasteiger partial charge is 0.0746 e. The Labute approximate surface area is 124 Å². The van der Waals surface area contributed by atoms with Gasteiger partial charge in [-0.3, -0.25) is 0 Å². The van der Waals surface area contributed by atoms with Crippen LogP contribution in [0.5, 0.6) is 0 Å². The van der Waals surface area contributed by atoms with Gasteiger partial charge in [-0.25, -0.2) is 0 Å². The number of nitrogens with zero attached hydrogens (tertiary/aromatic N) is 1. The van der Waals surface area contributed by atoms with Crippen LogP contribution in [0.1, 0.15) is 25.3 Å². The van der Waals surface area contributed by atoms with E-state index in [1.54, 1.807) is 0 Å². The number of rotatable bonds is 5. The van der Waals surface area contributed by atoms with E-state index in [2.05, 4.69) is 51.3 Å². The number of piperidine rings is 1. The number of benzene rings is 1. The third-order valence-electron chi connectivity index (χ3n) is 3.66. The van der Waals surface area contributed by atoms with Crippen LogP contribution in [0.3, 0.4) is 0 Å². The van der Waals surface area contributed by atoms with Crippen LogP contribution in [0.15, 0.2) is 22.7 Å². The van der Waals surface area contributed by atoms with Gasteiger partial charge in [0.1, 0.15) is 0 Å². The summed E-state index contributed by atoms with van der Waals surface area (Å²) in [5, 5.41) is 3.42. The molecular formula is C15H23BrN2O. The molecule has 1 N–H and O–H groups in total.